The minimum atomic E-state index is -0.387. The summed E-state index contributed by atoms with van der Waals surface area (Å²) < 4.78 is 11.1. The van der Waals surface area contributed by atoms with E-state index < -0.39 is 0 Å². The van der Waals surface area contributed by atoms with Gasteiger partial charge in [-0.25, -0.2) is 0 Å². The van der Waals surface area contributed by atoms with E-state index in [9.17, 15) is 9.59 Å². The molecule has 0 radical (unpaired) electrons. The number of amides is 1. The third-order valence-corrected chi connectivity index (χ3v) is 5.44. The van der Waals surface area contributed by atoms with E-state index in [4.69, 9.17) is 32.4 Å². The molecule has 158 valence electrons. The van der Waals surface area contributed by atoms with Crippen LogP contribution in [-0.2, 0) is 20.9 Å². The molecule has 4 aromatic rings. The summed E-state index contributed by atoms with van der Waals surface area (Å²) in [4.78, 5) is 24.2. The summed E-state index contributed by atoms with van der Waals surface area (Å²) in [6, 6.07) is 18.4. The van der Waals surface area contributed by atoms with Crippen molar-refractivity contribution in [3.63, 3.8) is 0 Å². The van der Waals surface area contributed by atoms with Crippen LogP contribution in [0.2, 0.25) is 10.0 Å². The molecule has 0 unspecified atom stereocenters. The molecule has 0 aliphatic carbocycles. The van der Waals surface area contributed by atoms with E-state index in [0.29, 0.717) is 33.3 Å². The van der Waals surface area contributed by atoms with Crippen LogP contribution in [0.25, 0.3) is 21.9 Å². The van der Waals surface area contributed by atoms with Gasteiger partial charge in [0, 0.05) is 51.0 Å². The lowest BCUT2D eigenvalue weighted by molar-refractivity contribution is -0.145. The Morgan fingerprint density at radius 1 is 0.903 bits per heavy atom. The Morgan fingerprint density at radius 3 is 2.55 bits per heavy atom. The van der Waals surface area contributed by atoms with Crippen molar-refractivity contribution in [3.8, 4) is 0 Å². The van der Waals surface area contributed by atoms with Gasteiger partial charge in [0.15, 0.2) is 0 Å². The number of fused-ring (bicyclic) bond motifs is 3. The van der Waals surface area contributed by atoms with Crippen LogP contribution in [0.15, 0.2) is 65.1 Å². The van der Waals surface area contributed by atoms with Crippen LogP contribution < -0.4 is 5.32 Å². The van der Waals surface area contributed by atoms with Gasteiger partial charge in [0.25, 0.3) is 0 Å². The normalized spacial score (nSPS) is 11.0. The molecule has 1 N–H and O–H groups in total. The lowest BCUT2D eigenvalue weighted by atomic mass is 10.1. The molecule has 0 atom stereocenters. The van der Waals surface area contributed by atoms with Gasteiger partial charge in [-0.2, -0.15) is 0 Å². The van der Waals surface area contributed by atoms with Crippen molar-refractivity contribution in [2.45, 2.75) is 25.9 Å². The summed E-state index contributed by atoms with van der Waals surface area (Å²) in [5, 5.41) is 5.84. The van der Waals surface area contributed by atoms with Crippen molar-refractivity contribution in [2.75, 3.05) is 5.32 Å². The maximum Gasteiger partial charge on any atom is 0.306 e. The molecule has 31 heavy (non-hydrogen) atoms. The number of hydrogen-bond acceptors (Lipinski definition) is 4. The molecule has 0 aliphatic rings. The summed E-state index contributed by atoms with van der Waals surface area (Å²) in [7, 11) is 0. The Bertz CT molecular complexity index is 1270. The summed E-state index contributed by atoms with van der Waals surface area (Å²) in [5.41, 5.74) is 2.84. The van der Waals surface area contributed by atoms with E-state index in [-0.39, 0.29) is 31.3 Å². The number of anilines is 1. The Kier molecular flexibility index (Phi) is 6.44. The first-order valence-corrected chi connectivity index (χ1v) is 10.6. The van der Waals surface area contributed by atoms with Gasteiger partial charge >= 0.3 is 5.97 Å². The molecular formula is C24H19Cl2NO4. The minimum Gasteiger partial charge on any atom is -0.461 e. The maximum absolute atomic E-state index is 12.2. The number of nitrogens with one attached hydrogen (secondary N) is 1. The molecule has 0 saturated heterocycles. The Morgan fingerprint density at radius 2 is 1.71 bits per heavy atom. The van der Waals surface area contributed by atoms with Gasteiger partial charge in [0.1, 0.15) is 17.8 Å². The Labute approximate surface area is 188 Å². The summed E-state index contributed by atoms with van der Waals surface area (Å²) >= 11 is 11.9. The smallest absolute Gasteiger partial charge is 0.306 e. The average molecular weight is 456 g/mol. The lowest BCUT2D eigenvalue weighted by Gasteiger charge is -2.07. The summed E-state index contributed by atoms with van der Waals surface area (Å²) in [5.74, 6) is -0.563. The zero-order valence-corrected chi connectivity index (χ0v) is 18.0. The molecule has 3 aromatic carbocycles. The van der Waals surface area contributed by atoms with Gasteiger partial charge < -0.3 is 14.5 Å². The highest BCUT2D eigenvalue weighted by Gasteiger charge is 2.11. The zero-order valence-electron chi connectivity index (χ0n) is 16.5. The number of esters is 1. The third kappa shape index (κ3) is 5.19. The number of rotatable bonds is 7. The van der Waals surface area contributed by atoms with Crippen molar-refractivity contribution >= 4 is 62.7 Å². The molecular weight excluding hydrogens is 437 g/mol. The van der Waals surface area contributed by atoms with Crippen LogP contribution in [0, 0.1) is 0 Å². The minimum absolute atomic E-state index is 0.0680. The first kappa shape index (κ1) is 21.2. The van der Waals surface area contributed by atoms with Crippen molar-refractivity contribution < 1.29 is 18.7 Å². The summed E-state index contributed by atoms with van der Waals surface area (Å²) in [6.45, 7) is 0.0680. The van der Waals surface area contributed by atoms with Crippen LogP contribution in [0.4, 0.5) is 5.69 Å². The second kappa shape index (κ2) is 9.41. The van der Waals surface area contributed by atoms with Crippen LogP contribution in [0.1, 0.15) is 24.8 Å². The molecule has 1 heterocycles. The monoisotopic (exact) mass is 455 g/mol. The predicted molar refractivity (Wildman–Crippen MR) is 122 cm³/mol. The molecule has 0 fully saturated rings. The molecule has 5 nitrogen and oxygen atoms in total. The van der Waals surface area contributed by atoms with Gasteiger partial charge in [-0.1, -0.05) is 47.5 Å². The lowest BCUT2D eigenvalue weighted by Crippen LogP contribution is -2.12. The van der Waals surface area contributed by atoms with Crippen LogP contribution >= 0.6 is 23.2 Å². The van der Waals surface area contributed by atoms with Gasteiger partial charge in [-0.15, -0.1) is 0 Å². The Hall–Kier alpha value is -3.02. The van der Waals surface area contributed by atoms with Crippen molar-refractivity contribution in [1.29, 1.82) is 0 Å². The van der Waals surface area contributed by atoms with Gasteiger partial charge in [-0.05, 0) is 36.8 Å². The molecule has 1 amide bonds. The van der Waals surface area contributed by atoms with Gasteiger partial charge in [0.05, 0.1) is 0 Å². The standard InChI is InChI=1S/C24H19Cl2NO4/c25-16-9-8-15(20(26)12-16)14-30-24(29)7-3-6-23(28)27-17-10-11-19-18-4-1-2-5-21(18)31-22(19)13-17/h1-2,4-5,8-13H,3,6-7,14H2,(H,27,28). The number of carbonyl (C=O) groups excluding carboxylic acids is 2. The molecule has 0 bridgehead atoms. The molecule has 0 spiro atoms. The van der Waals surface area contributed by atoms with E-state index in [1.54, 1.807) is 24.3 Å². The number of para-hydroxylation sites is 1. The van der Waals surface area contributed by atoms with Crippen molar-refractivity contribution in [1.82, 2.24) is 0 Å². The number of carbonyl (C=O) groups is 2. The molecule has 7 heteroatoms. The third-order valence-electron chi connectivity index (χ3n) is 4.85. The average Bonchev–Trinajstić information content (AvgIpc) is 3.11. The van der Waals surface area contributed by atoms with Crippen molar-refractivity contribution in [3.05, 3.63) is 76.3 Å². The number of benzene rings is 3. The van der Waals surface area contributed by atoms with Crippen LogP contribution in [0.3, 0.4) is 0 Å². The van der Waals surface area contributed by atoms with Gasteiger partial charge in [-0.3, -0.25) is 9.59 Å². The fraction of sp³-hybridized carbons (Fsp3) is 0.167. The largest absolute Gasteiger partial charge is 0.461 e. The first-order chi connectivity index (χ1) is 15.0. The summed E-state index contributed by atoms with van der Waals surface area (Å²) in [6.07, 6.45) is 0.724. The molecule has 0 aliphatic heterocycles. The predicted octanol–water partition coefficient (Wildman–Crippen LogP) is 6.75. The second-order valence-corrected chi connectivity index (χ2v) is 7.95. The van der Waals surface area contributed by atoms with Gasteiger partial charge in [0.2, 0.25) is 5.91 Å². The van der Waals surface area contributed by atoms with E-state index in [0.717, 1.165) is 16.4 Å². The van der Waals surface area contributed by atoms with E-state index in [2.05, 4.69) is 5.32 Å². The second-order valence-electron chi connectivity index (χ2n) is 7.11. The maximum atomic E-state index is 12.2. The Balaban J connectivity index is 1.25. The number of halogens is 2. The van der Waals surface area contributed by atoms with E-state index in [1.807, 2.05) is 36.4 Å². The highest BCUT2D eigenvalue weighted by molar-refractivity contribution is 6.35. The molecule has 0 saturated carbocycles. The number of hydrogen-bond donors (Lipinski definition) is 1. The highest BCUT2D eigenvalue weighted by atomic mass is 35.5. The van der Waals surface area contributed by atoms with Crippen molar-refractivity contribution in [2.24, 2.45) is 0 Å². The van der Waals surface area contributed by atoms with Crippen LogP contribution in [-0.4, -0.2) is 11.9 Å². The quantitative estimate of drug-likeness (QED) is 0.313. The number of furan rings is 1. The molecule has 4 rings (SSSR count). The highest BCUT2D eigenvalue weighted by Crippen LogP contribution is 2.30. The fourth-order valence-electron chi connectivity index (χ4n) is 3.29. The SMILES string of the molecule is O=C(CCCC(=O)OCc1ccc(Cl)cc1Cl)Nc1ccc2c(c1)oc1ccccc12. The zero-order chi connectivity index (χ0) is 21.8. The van der Waals surface area contributed by atoms with Crippen LogP contribution in [0.5, 0.6) is 0 Å². The number of ether oxygens (including phenoxy) is 1. The first-order valence-electron chi connectivity index (χ1n) is 9.80. The fourth-order valence-corrected chi connectivity index (χ4v) is 3.75. The molecule has 1 aromatic heterocycles. The van der Waals surface area contributed by atoms with E-state index in [1.165, 1.54) is 0 Å². The topological polar surface area (TPSA) is 68.5 Å². The van der Waals surface area contributed by atoms with E-state index >= 15 is 0 Å².